The molecule has 102 valence electrons. The molecule has 1 aromatic carbocycles. The Bertz CT molecular complexity index is 514. The van der Waals surface area contributed by atoms with Crippen LogP contribution in [-0.2, 0) is 14.3 Å². The van der Waals surface area contributed by atoms with E-state index in [1.54, 1.807) is 6.07 Å². The summed E-state index contributed by atoms with van der Waals surface area (Å²) in [4.78, 5) is 11.4. The van der Waals surface area contributed by atoms with Gasteiger partial charge in [0.15, 0.2) is 11.6 Å². The molecule has 0 aliphatic carbocycles. The first-order valence-electron chi connectivity index (χ1n) is 5.25. The molecular weight excluding hydrogens is 255 g/mol. The van der Waals surface area contributed by atoms with E-state index >= 15 is 0 Å². The molecule has 0 aliphatic heterocycles. The van der Waals surface area contributed by atoms with Gasteiger partial charge in [0.25, 0.3) is 0 Å². The van der Waals surface area contributed by atoms with Crippen LogP contribution in [0.5, 0.6) is 0 Å². The number of rotatable bonds is 5. The van der Waals surface area contributed by atoms with Crippen molar-refractivity contribution in [2.75, 3.05) is 20.8 Å². The van der Waals surface area contributed by atoms with Crippen LogP contribution in [0.4, 0.5) is 10.1 Å². The van der Waals surface area contributed by atoms with Crippen molar-refractivity contribution in [1.29, 1.82) is 0 Å². The van der Waals surface area contributed by atoms with E-state index in [1.165, 1.54) is 25.3 Å². The fourth-order valence-corrected chi connectivity index (χ4v) is 1.15. The molecule has 7 heteroatoms. The van der Waals surface area contributed by atoms with Gasteiger partial charge in [-0.05, 0) is 12.1 Å². The second kappa shape index (κ2) is 7.22. The highest BCUT2D eigenvalue weighted by molar-refractivity contribution is 5.88. The highest BCUT2D eigenvalue weighted by Gasteiger charge is 2.16. The molecule has 0 atom stereocenters. The van der Waals surface area contributed by atoms with Crippen LogP contribution in [0.2, 0.25) is 0 Å². The number of azo groups is 1. The average molecular weight is 268 g/mol. The van der Waals surface area contributed by atoms with Crippen molar-refractivity contribution in [2.45, 2.75) is 0 Å². The Morgan fingerprint density at radius 3 is 2.63 bits per heavy atom. The van der Waals surface area contributed by atoms with Crippen molar-refractivity contribution >= 4 is 11.7 Å². The van der Waals surface area contributed by atoms with Crippen LogP contribution in [0.3, 0.4) is 0 Å². The molecule has 0 fully saturated rings. The molecule has 0 spiro atoms. The molecule has 0 saturated heterocycles. The number of hydrogen-bond acceptors (Lipinski definition) is 6. The number of halogens is 1. The van der Waals surface area contributed by atoms with Gasteiger partial charge in [-0.1, -0.05) is 12.1 Å². The Hall–Kier alpha value is -2.28. The van der Waals surface area contributed by atoms with E-state index in [4.69, 9.17) is 0 Å². The Balaban J connectivity index is 3.05. The molecule has 1 rings (SSSR count). The third kappa shape index (κ3) is 4.14. The van der Waals surface area contributed by atoms with Gasteiger partial charge in [-0.3, -0.25) is 0 Å². The molecule has 0 amide bonds. The minimum absolute atomic E-state index is 0.0610. The topological polar surface area (TPSA) is 80.5 Å². The van der Waals surface area contributed by atoms with Gasteiger partial charge in [-0.25, -0.2) is 9.18 Å². The standard InChI is InChI=1S/C12H13FN2O4/c1-18-7-10(16)11(12(17)19-2)15-14-9-6-4-3-5-8(9)13/h3-6,16H,7H2,1-2H3. The van der Waals surface area contributed by atoms with Crippen LogP contribution in [0, 0.1) is 5.82 Å². The normalized spacial score (nSPS) is 12.4. The number of hydrogen-bond donors (Lipinski definition) is 1. The molecule has 0 saturated carbocycles. The molecule has 0 bridgehead atoms. The lowest BCUT2D eigenvalue weighted by Gasteiger charge is -2.03. The minimum atomic E-state index is -0.894. The molecule has 0 heterocycles. The summed E-state index contributed by atoms with van der Waals surface area (Å²) in [6.45, 7) is -0.235. The van der Waals surface area contributed by atoms with E-state index in [1.807, 2.05) is 0 Å². The van der Waals surface area contributed by atoms with Gasteiger partial charge >= 0.3 is 5.97 Å². The number of aliphatic hydroxyl groups is 1. The van der Waals surface area contributed by atoms with Crippen molar-refractivity contribution in [3.05, 3.63) is 41.5 Å². The maximum atomic E-state index is 13.3. The molecule has 0 aliphatic rings. The van der Waals surface area contributed by atoms with Gasteiger partial charge in [0.2, 0.25) is 5.70 Å². The van der Waals surface area contributed by atoms with E-state index in [0.717, 1.165) is 7.11 Å². The summed E-state index contributed by atoms with van der Waals surface area (Å²) in [5.74, 6) is -1.94. The van der Waals surface area contributed by atoms with Crippen LogP contribution >= 0.6 is 0 Å². The predicted molar refractivity (Wildman–Crippen MR) is 64.5 cm³/mol. The van der Waals surface area contributed by atoms with Gasteiger partial charge < -0.3 is 14.6 Å². The number of benzene rings is 1. The monoisotopic (exact) mass is 268 g/mol. The third-order valence-corrected chi connectivity index (χ3v) is 2.04. The Kier molecular flexibility index (Phi) is 5.62. The lowest BCUT2D eigenvalue weighted by molar-refractivity contribution is -0.136. The number of esters is 1. The van der Waals surface area contributed by atoms with E-state index in [2.05, 4.69) is 19.7 Å². The first-order valence-corrected chi connectivity index (χ1v) is 5.25. The predicted octanol–water partition coefficient (Wildman–Crippen LogP) is 2.50. The largest absolute Gasteiger partial charge is 0.507 e. The number of nitrogens with zero attached hydrogens (tertiary/aromatic N) is 2. The zero-order chi connectivity index (χ0) is 14.3. The molecule has 0 radical (unpaired) electrons. The molecule has 0 aromatic heterocycles. The third-order valence-electron chi connectivity index (χ3n) is 2.04. The smallest absolute Gasteiger partial charge is 0.362 e. The summed E-state index contributed by atoms with van der Waals surface area (Å²) in [7, 11) is 2.46. The van der Waals surface area contributed by atoms with Crippen molar-refractivity contribution < 1.29 is 23.8 Å². The zero-order valence-electron chi connectivity index (χ0n) is 10.5. The summed E-state index contributed by atoms with van der Waals surface area (Å²) < 4.78 is 22.4. The Labute approximate surface area is 109 Å². The Morgan fingerprint density at radius 2 is 2.05 bits per heavy atom. The van der Waals surface area contributed by atoms with Crippen LogP contribution in [0.25, 0.3) is 0 Å². The molecule has 1 aromatic rings. The quantitative estimate of drug-likeness (QED) is 0.385. The lowest BCUT2D eigenvalue weighted by Crippen LogP contribution is -2.08. The maximum absolute atomic E-state index is 13.3. The molecule has 0 unspecified atom stereocenters. The van der Waals surface area contributed by atoms with Gasteiger partial charge in [0, 0.05) is 7.11 Å². The number of carbonyl (C=O) groups excluding carboxylic acids is 1. The first-order chi connectivity index (χ1) is 9.10. The van der Waals surface area contributed by atoms with Crippen molar-refractivity contribution in [2.24, 2.45) is 10.2 Å². The fraction of sp³-hybridized carbons (Fsp3) is 0.250. The van der Waals surface area contributed by atoms with Crippen LogP contribution < -0.4 is 0 Å². The van der Waals surface area contributed by atoms with Gasteiger partial charge in [-0.15, -0.1) is 10.2 Å². The van der Waals surface area contributed by atoms with Crippen LogP contribution in [0.15, 0.2) is 46.0 Å². The summed E-state index contributed by atoms with van der Waals surface area (Å²) in [5.41, 5.74) is -0.498. The van der Waals surface area contributed by atoms with E-state index in [0.29, 0.717) is 0 Å². The SMILES string of the molecule is COCC(O)=C(N=Nc1ccccc1F)C(=O)OC. The van der Waals surface area contributed by atoms with Gasteiger partial charge in [0.05, 0.1) is 7.11 Å². The van der Waals surface area contributed by atoms with Crippen molar-refractivity contribution in [3.8, 4) is 0 Å². The molecular formula is C12H13FN2O4. The van der Waals surface area contributed by atoms with Crippen molar-refractivity contribution in [1.82, 2.24) is 0 Å². The summed E-state index contributed by atoms with van der Waals surface area (Å²) in [6, 6.07) is 5.63. The number of methoxy groups -OCH3 is 2. The van der Waals surface area contributed by atoms with E-state index in [9.17, 15) is 14.3 Å². The summed E-state index contributed by atoms with van der Waals surface area (Å²) >= 11 is 0. The minimum Gasteiger partial charge on any atom is -0.507 e. The van der Waals surface area contributed by atoms with Crippen molar-refractivity contribution in [3.63, 3.8) is 0 Å². The van der Waals surface area contributed by atoms with Crippen LogP contribution in [-0.4, -0.2) is 31.9 Å². The molecule has 19 heavy (non-hydrogen) atoms. The molecule has 1 N–H and O–H groups in total. The highest BCUT2D eigenvalue weighted by atomic mass is 19.1. The fourth-order valence-electron chi connectivity index (χ4n) is 1.15. The second-order valence-corrected chi connectivity index (χ2v) is 3.37. The van der Waals surface area contributed by atoms with Crippen LogP contribution in [0.1, 0.15) is 0 Å². The second-order valence-electron chi connectivity index (χ2n) is 3.37. The van der Waals surface area contributed by atoms with Gasteiger partial charge in [0.1, 0.15) is 12.3 Å². The maximum Gasteiger partial charge on any atom is 0.362 e. The Morgan fingerprint density at radius 1 is 1.37 bits per heavy atom. The number of carbonyl (C=O) groups is 1. The lowest BCUT2D eigenvalue weighted by atomic mass is 10.3. The highest BCUT2D eigenvalue weighted by Crippen LogP contribution is 2.19. The van der Waals surface area contributed by atoms with E-state index < -0.39 is 23.2 Å². The van der Waals surface area contributed by atoms with E-state index in [-0.39, 0.29) is 12.3 Å². The zero-order valence-corrected chi connectivity index (χ0v) is 10.5. The average Bonchev–Trinajstić information content (AvgIpc) is 2.41. The number of ether oxygens (including phenoxy) is 2. The first kappa shape index (κ1) is 14.8. The summed E-state index contributed by atoms with van der Waals surface area (Å²) in [5, 5.41) is 16.6. The molecule has 6 nitrogen and oxygen atoms in total. The van der Waals surface area contributed by atoms with Gasteiger partial charge in [-0.2, -0.15) is 0 Å². The number of aliphatic hydroxyl groups excluding tert-OH is 1. The summed E-state index contributed by atoms with van der Waals surface area (Å²) in [6.07, 6.45) is 0.